The van der Waals surface area contributed by atoms with Crippen molar-refractivity contribution in [2.45, 2.75) is 73.3 Å². The fraction of sp³-hybridized carbons (Fsp3) is 0.800. The van der Waals surface area contributed by atoms with Crippen LogP contribution in [0, 0.1) is 5.92 Å². The minimum absolute atomic E-state index is 0.790. The first-order valence-corrected chi connectivity index (χ1v) is 9.13. The lowest BCUT2D eigenvalue weighted by Gasteiger charge is -2.26. The maximum absolute atomic E-state index is 3.60. The normalized spacial score (nSPS) is 17.0. The molecule has 1 heterocycles. The van der Waals surface area contributed by atoms with E-state index in [1.807, 2.05) is 33.8 Å². The summed E-state index contributed by atoms with van der Waals surface area (Å²) in [5.74, 6) is 0.791. The van der Waals surface area contributed by atoms with Crippen LogP contribution in [-0.4, -0.2) is 37.6 Å². The quantitative estimate of drug-likeness (QED) is 0.672. The average molecular weight is 311 g/mol. The largest absolute Gasteiger partial charge is 0.314 e. The molecule has 1 N–H and O–H groups in total. The van der Waals surface area contributed by atoms with Gasteiger partial charge in [-0.25, -0.2) is 0 Å². The smallest absolute Gasteiger partial charge is 0.00792 e. The standard InChI is InChI=1S/C12H26N2.C6H10.C2H6/c1-11(2)10-14(3)9-7-12-6-4-5-8-13-12;1-4-5-6(2)3;1-2/h11-13H,4-10H2,1-3H3;4-5H,1H2,2-3H3;1-2H3. The molecule has 1 aliphatic heterocycles. The molecule has 1 saturated heterocycles. The van der Waals surface area contributed by atoms with E-state index in [1.54, 1.807) is 6.08 Å². The van der Waals surface area contributed by atoms with E-state index in [1.165, 1.54) is 50.9 Å². The zero-order valence-electron chi connectivity index (χ0n) is 16.4. The van der Waals surface area contributed by atoms with Crippen LogP contribution < -0.4 is 5.32 Å². The van der Waals surface area contributed by atoms with Gasteiger partial charge in [0, 0.05) is 12.6 Å². The van der Waals surface area contributed by atoms with Crippen molar-refractivity contribution in [1.82, 2.24) is 10.2 Å². The van der Waals surface area contributed by atoms with Crippen molar-refractivity contribution in [2.24, 2.45) is 5.92 Å². The minimum Gasteiger partial charge on any atom is -0.314 e. The van der Waals surface area contributed by atoms with Gasteiger partial charge in [0.25, 0.3) is 0 Å². The first kappa shape index (κ1) is 23.7. The van der Waals surface area contributed by atoms with Crippen LogP contribution in [0.15, 0.2) is 24.3 Å². The average Bonchev–Trinajstić information content (AvgIpc) is 2.48. The summed E-state index contributed by atoms with van der Waals surface area (Å²) in [5.41, 5.74) is 1.30. The van der Waals surface area contributed by atoms with Gasteiger partial charge in [0.2, 0.25) is 0 Å². The van der Waals surface area contributed by atoms with Gasteiger partial charge < -0.3 is 10.2 Å². The van der Waals surface area contributed by atoms with Crippen LogP contribution in [0.25, 0.3) is 0 Å². The van der Waals surface area contributed by atoms with Crippen molar-refractivity contribution >= 4 is 0 Å². The van der Waals surface area contributed by atoms with Gasteiger partial charge in [-0.1, -0.05) is 58.4 Å². The van der Waals surface area contributed by atoms with Crippen LogP contribution in [0.4, 0.5) is 0 Å². The molecule has 0 aromatic carbocycles. The Bertz CT molecular complexity index is 259. The summed E-state index contributed by atoms with van der Waals surface area (Å²) >= 11 is 0. The lowest BCUT2D eigenvalue weighted by molar-refractivity contribution is 0.264. The lowest BCUT2D eigenvalue weighted by Crippen LogP contribution is -2.37. The fourth-order valence-corrected chi connectivity index (χ4v) is 2.50. The minimum atomic E-state index is 0.790. The Hall–Kier alpha value is -0.600. The van der Waals surface area contributed by atoms with Gasteiger partial charge in [-0.05, 0) is 59.2 Å². The molecule has 132 valence electrons. The molecule has 0 aromatic heterocycles. The van der Waals surface area contributed by atoms with E-state index in [9.17, 15) is 0 Å². The summed E-state index contributed by atoms with van der Waals surface area (Å²) in [6.45, 7) is 19.9. The van der Waals surface area contributed by atoms with Crippen molar-refractivity contribution in [1.29, 1.82) is 0 Å². The maximum atomic E-state index is 3.60. The van der Waals surface area contributed by atoms with Crippen molar-refractivity contribution < 1.29 is 0 Å². The lowest BCUT2D eigenvalue weighted by atomic mass is 10.0. The summed E-state index contributed by atoms with van der Waals surface area (Å²) in [6.07, 6.45) is 9.26. The zero-order valence-corrected chi connectivity index (χ0v) is 16.4. The molecule has 0 amide bonds. The van der Waals surface area contributed by atoms with Gasteiger partial charge in [-0.3, -0.25) is 0 Å². The van der Waals surface area contributed by atoms with E-state index in [4.69, 9.17) is 0 Å². The summed E-state index contributed by atoms with van der Waals surface area (Å²) < 4.78 is 0. The second kappa shape index (κ2) is 16.8. The second-order valence-electron chi connectivity index (χ2n) is 6.57. The topological polar surface area (TPSA) is 15.3 Å². The Morgan fingerprint density at radius 1 is 1.27 bits per heavy atom. The monoisotopic (exact) mass is 310 g/mol. The number of allylic oxidation sites excluding steroid dienone is 3. The number of piperidine rings is 1. The Labute approximate surface area is 141 Å². The van der Waals surface area contributed by atoms with E-state index >= 15 is 0 Å². The highest BCUT2D eigenvalue weighted by Gasteiger charge is 2.12. The number of rotatable bonds is 6. The van der Waals surface area contributed by atoms with E-state index in [2.05, 4.69) is 37.7 Å². The molecule has 1 rings (SSSR count). The Kier molecular flexibility index (Phi) is 18.0. The third-order valence-corrected chi connectivity index (χ3v) is 3.40. The molecule has 1 fully saturated rings. The molecule has 22 heavy (non-hydrogen) atoms. The highest BCUT2D eigenvalue weighted by molar-refractivity contribution is 5.04. The van der Waals surface area contributed by atoms with Crippen LogP contribution in [0.5, 0.6) is 0 Å². The molecule has 0 aliphatic carbocycles. The third-order valence-electron chi connectivity index (χ3n) is 3.40. The number of nitrogens with one attached hydrogen (secondary N) is 1. The number of nitrogens with zero attached hydrogens (tertiary/aromatic N) is 1. The van der Waals surface area contributed by atoms with Crippen molar-refractivity contribution in [3.05, 3.63) is 24.3 Å². The van der Waals surface area contributed by atoms with Gasteiger partial charge in [0.15, 0.2) is 0 Å². The van der Waals surface area contributed by atoms with E-state index in [0.717, 1.165) is 12.0 Å². The molecule has 0 spiro atoms. The molecule has 0 aromatic rings. The molecule has 1 aliphatic rings. The predicted octanol–water partition coefficient (Wildman–Crippen LogP) is 5.27. The van der Waals surface area contributed by atoms with Crippen LogP contribution in [0.2, 0.25) is 0 Å². The Balaban J connectivity index is 0. The molecule has 1 unspecified atom stereocenters. The summed E-state index contributed by atoms with van der Waals surface area (Å²) in [7, 11) is 2.24. The van der Waals surface area contributed by atoms with Crippen molar-refractivity contribution in [3.8, 4) is 0 Å². The second-order valence-corrected chi connectivity index (χ2v) is 6.57. The summed E-state index contributed by atoms with van der Waals surface area (Å²) in [5, 5.41) is 3.60. The maximum Gasteiger partial charge on any atom is 0.00792 e. The van der Waals surface area contributed by atoms with Crippen LogP contribution in [0.3, 0.4) is 0 Å². The zero-order chi connectivity index (χ0) is 17.4. The molecule has 2 nitrogen and oxygen atoms in total. The summed E-state index contributed by atoms with van der Waals surface area (Å²) in [6, 6.07) is 0.790. The van der Waals surface area contributed by atoms with E-state index in [-0.39, 0.29) is 0 Å². The molecule has 0 radical (unpaired) electrons. The van der Waals surface area contributed by atoms with Gasteiger partial charge >= 0.3 is 0 Å². The van der Waals surface area contributed by atoms with Crippen LogP contribution in [-0.2, 0) is 0 Å². The fourth-order valence-electron chi connectivity index (χ4n) is 2.50. The van der Waals surface area contributed by atoms with E-state index < -0.39 is 0 Å². The van der Waals surface area contributed by atoms with Crippen molar-refractivity contribution in [2.75, 3.05) is 26.7 Å². The van der Waals surface area contributed by atoms with Gasteiger partial charge in [-0.2, -0.15) is 0 Å². The molecular formula is C20H42N2. The Morgan fingerprint density at radius 2 is 1.91 bits per heavy atom. The SMILES string of the molecule is C=CC=C(C)C.CC.CC(C)CN(C)CCC1CCCCN1. The molecule has 0 saturated carbocycles. The Morgan fingerprint density at radius 3 is 2.27 bits per heavy atom. The van der Waals surface area contributed by atoms with Gasteiger partial charge in [0.1, 0.15) is 0 Å². The first-order chi connectivity index (χ1) is 10.5. The van der Waals surface area contributed by atoms with E-state index in [0.29, 0.717) is 0 Å². The van der Waals surface area contributed by atoms with Crippen molar-refractivity contribution in [3.63, 3.8) is 0 Å². The molecular weight excluding hydrogens is 268 g/mol. The highest BCUT2D eigenvalue weighted by atomic mass is 15.1. The molecule has 2 heteroatoms. The van der Waals surface area contributed by atoms with Gasteiger partial charge in [0.05, 0.1) is 0 Å². The highest BCUT2D eigenvalue weighted by Crippen LogP contribution is 2.10. The number of hydrogen-bond acceptors (Lipinski definition) is 2. The molecule has 0 bridgehead atoms. The predicted molar refractivity (Wildman–Crippen MR) is 104 cm³/mol. The number of hydrogen-bond donors (Lipinski definition) is 1. The van der Waals surface area contributed by atoms with Gasteiger partial charge in [-0.15, -0.1) is 0 Å². The third kappa shape index (κ3) is 17.5. The van der Waals surface area contributed by atoms with Crippen LogP contribution in [0.1, 0.15) is 67.2 Å². The summed E-state index contributed by atoms with van der Waals surface area (Å²) in [4.78, 5) is 2.46. The molecule has 1 atom stereocenters. The first-order valence-electron chi connectivity index (χ1n) is 9.13. The van der Waals surface area contributed by atoms with Crippen LogP contribution >= 0.6 is 0 Å².